The molecule has 1 saturated heterocycles. The fraction of sp³-hybridized carbons (Fsp3) is 0.538. The average molecular weight is 283 g/mol. The SMILES string of the molecule is Cc1ccc(N)c(NS(=O)(=O)N2CCCC(C)C2)c1. The highest BCUT2D eigenvalue weighted by Gasteiger charge is 2.27. The molecule has 0 radical (unpaired) electrons. The highest BCUT2D eigenvalue weighted by molar-refractivity contribution is 7.90. The van der Waals surface area contributed by atoms with Crippen LogP contribution in [0.1, 0.15) is 25.3 Å². The van der Waals surface area contributed by atoms with Crippen LogP contribution in [0.2, 0.25) is 0 Å². The summed E-state index contributed by atoms with van der Waals surface area (Å²) in [5, 5.41) is 0. The molecular formula is C13H21N3O2S. The Kier molecular flexibility index (Phi) is 4.01. The Hall–Kier alpha value is -1.27. The molecule has 3 N–H and O–H groups in total. The molecule has 0 aliphatic carbocycles. The third-order valence-electron chi connectivity index (χ3n) is 3.41. The van der Waals surface area contributed by atoms with Crippen LogP contribution in [-0.4, -0.2) is 25.8 Å². The average Bonchev–Trinajstić information content (AvgIpc) is 2.33. The maximum Gasteiger partial charge on any atom is 0.301 e. The molecule has 1 aliphatic rings. The molecule has 6 heteroatoms. The number of rotatable bonds is 3. The number of nitrogen functional groups attached to an aromatic ring is 1. The summed E-state index contributed by atoms with van der Waals surface area (Å²) in [5.74, 6) is 0.403. The van der Waals surface area contributed by atoms with Crippen molar-refractivity contribution in [3.05, 3.63) is 23.8 Å². The number of nitrogens with two attached hydrogens (primary N) is 1. The van der Waals surface area contributed by atoms with E-state index in [1.165, 1.54) is 4.31 Å². The van der Waals surface area contributed by atoms with Gasteiger partial charge >= 0.3 is 10.2 Å². The van der Waals surface area contributed by atoms with Gasteiger partial charge in [0.15, 0.2) is 0 Å². The van der Waals surface area contributed by atoms with Gasteiger partial charge in [0.1, 0.15) is 0 Å². The van der Waals surface area contributed by atoms with Crippen LogP contribution in [0, 0.1) is 12.8 Å². The lowest BCUT2D eigenvalue weighted by atomic mass is 10.0. The van der Waals surface area contributed by atoms with Crippen molar-refractivity contribution in [2.75, 3.05) is 23.5 Å². The molecule has 0 spiro atoms. The normalized spacial score (nSPS) is 21.3. The lowest BCUT2D eigenvalue weighted by Crippen LogP contribution is -2.42. The van der Waals surface area contributed by atoms with Crippen molar-refractivity contribution >= 4 is 21.6 Å². The number of piperidine rings is 1. The van der Waals surface area contributed by atoms with E-state index >= 15 is 0 Å². The summed E-state index contributed by atoms with van der Waals surface area (Å²) in [7, 11) is -3.51. The molecule has 1 aromatic rings. The molecule has 1 aliphatic heterocycles. The molecule has 1 fully saturated rings. The third-order valence-corrected chi connectivity index (χ3v) is 4.90. The summed E-state index contributed by atoms with van der Waals surface area (Å²) in [5.41, 5.74) is 7.68. The Morgan fingerprint density at radius 1 is 1.42 bits per heavy atom. The predicted octanol–water partition coefficient (Wildman–Crippen LogP) is 1.97. The maximum absolute atomic E-state index is 12.3. The van der Waals surface area contributed by atoms with Gasteiger partial charge in [0, 0.05) is 13.1 Å². The molecule has 1 heterocycles. The molecular weight excluding hydrogens is 262 g/mol. The van der Waals surface area contributed by atoms with E-state index in [-0.39, 0.29) is 0 Å². The highest BCUT2D eigenvalue weighted by atomic mass is 32.2. The van der Waals surface area contributed by atoms with E-state index in [0.29, 0.717) is 30.4 Å². The van der Waals surface area contributed by atoms with Crippen molar-refractivity contribution < 1.29 is 8.42 Å². The van der Waals surface area contributed by atoms with Crippen LogP contribution < -0.4 is 10.5 Å². The minimum atomic E-state index is -3.51. The second-order valence-electron chi connectivity index (χ2n) is 5.30. The zero-order valence-corrected chi connectivity index (χ0v) is 12.2. The Balaban J connectivity index is 2.18. The van der Waals surface area contributed by atoms with Crippen molar-refractivity contribution in [3.63, 3.8) is 0 Å². The van der Waals surface area contributed by atoms with Gasteiger partial charge in [-0.3, -0.25) is 4.72 Å². The van der Waals surface area contributed by atoms with E-state index in [1.807, 2.05) is 13.0 Å². The molecule has 1 unspecified atom stereocenters. The van der Waals surface area contributed by atoms with Gasteiger partial charge in [-0.15, -0.1) is 0 Å². The Labute approximate surface area is 115 Å². The summed E-state index contributed by atoms with van der Waals surface area (Å²) in [6.45, 7) is 5.12. The van der Waals surface area contributed by atoms with Crippen LogP contribution in [0.5, 0.6) is 0 Å². The number of benzene rings is 1. The third kappa shape index (κ3) is 3.39. The van der Waals surface area contributed by atoms with E-state index in [2.05, 4.69) is 11.6 Å². The van der Waals surface area contributed by atoms with Gasteiger partial charge in [0.05, 0.1) is 11.4 Å². The lowest BCUT2D eigenvalue weighted by Gasteiger charge is -2.30. The van der Waals surface area contributed by atoms with Crippen LogP contribution in [0.15, 0.2) is 18.2 Å². The number of anilines is 2. The second-order valence-corrected chi connectivity index (χ2v) is 6.97. The van der Waals surface area contributed by atoms with Gasteiger partial charge < -0.3 is 5.73 Å². The molecule has 5 nitrogen and oxygen atoms in total. The Morgan fingerprint density at radius 3 is 2.84 bits per heavy atom. The number of nitrogens with zero attached hydrogens (tertiary/aromatic N) is 1. The predicted molar refractivity (Wildman–Crippen MR) is 78.1 cm³/mol. The molecule has 1 aromatic carbocycles. The van der Waals surface area contributed by atoms with E-state index in [4.69, 9.17) is 5.73 Å². The summed E-state index contributed by atoms with van der Waals surface area (Å²) in [6, 6.07) is 5.32. The minimum Gasteiger partial charge on any atom is -0.397 e. The van der Waals surface area contributed by atoms with Crippen LogP contribution in [-0.2, 0) is 10.2 Å². The number of hydrogen-bond acceptors (Lipinski definition) is 3. The summed E-state index contributed by atoms with van der Waals surface area (Å²) in [6.07, 6.45) is 1.99. The molecule has 106 valence electrons. The van der Waals surface area contributed by atoms with Crippen LogP contribution >= 0.6 is 0 Å². The maximum atomic E-state index is 12.3. The Bertz CT molecular complexity index is 557. The minimum absolute atomic E-state index is 0.403. The first kappa shape index (κ1) is 14.1. The van der Waals surface area contributed by atoms with Crippen molar-refractivity contribution in [1.29, 1.82) is 0 Å². The van der Waals surface area contributed by atoms with Crippen molar-refractivity contribution in [2.24, 2.45) is 5.92 Å². The van der Waals surface area contributed by atoms with Crippen LogP contribution in [0.3, 0.4) is 0 Å². The van der Waals surface area contributed by atoms with Crippen LogP contribution in [0.4, 0.5) is 11.4 Å². The topological polar surface area (TPSA) is 75.4 Å². The smallest absolute Gasteiger partial charge is 0.301 e. The molecule has 0 saturated carbocycles. The monoisotopic (exact) mass is 283 g/mol. The van der Waals surface area contributed by atoms with Gasteiger partial charge in [-0.1, -0.05) is 13.0 Å². The van der Waals surface area contributed by atoms with Crippen molar-refractivity contribution in [3.8, 4) is 0 Å². The summed E-state index contributed by atoms with van der Waals surface area (Å²) < 4.78 is 28.7. The summed E-state index contributed by atoms with van der Waals surface area (Å²) in [4.78, 5) is 0. The van der Waals surface area contributed by atoms with Crippen molar-refractivity contribution in [2.45, 2.75) is 26.7 Å². The zero-order chi connectivity index (χ0) is 14.0. The first-order valence-corrected chi connectivity index (χ1v) is 7.96. The number of nitrogens with one attached hydrogen (secondary N) is 1. The fourth-order valence-electron chi connectivity index (χ4n) is 2.33. The number of hydrogen-bond donors (Lipinski definition) is 2. The molecule has 0 amide bonds. The van der Waals surface area contributed by atoms with Gasteiger partial charge in [-0.2, -0.15) is 12.7 Å². The van der Waals surface area contributed by atoms with E-state index in [9.17, 15) is 8.42 Å². The molecule has 1 atom stereocenters. The Morgan fingerprint density at radius 2 is 2.16 bits per heavy atom. The standard InChI is InChI=1S/C13H21N3O2S/c1-10-5-6-12(14)13(8-10)15-19(17,18)16-7-3-4-11(2)9-16/h5-6,8,11,15H,3-4,7,9,14H2,1-2H3. The molecule has 0 bridgehead atoms. The van der Waals surface area contributed by atoms with Crippen LogP contribution in [0.25, 0.3) is 0 Å². The fourth-order valence-corrected chi connectivity index (χ4v) is 3.73. The largest absolute Gasteiger partial charge is 0.397 e. The molecule has 2 rings (SSSR count). The lowest BCUT2D eigenvalue weighted by molar-refractivity contribution is 0.282. The van der Waals surface area contributed by atoms with E-state index in [0.717, 1.165) is 18.4 Å². The van der Waals surface area contributed by atoms with Crippen molar-refractivity contribution in [1.82, 2.24) is 4.31 Å². The van der Waals surface area contributed by atoms with E-state index in [1.54, 1.807) is 12.1 Å². The second kappa shape index (κ2) is 5.38. The van der Waals surface area contributed by atoms with Gasteiger partial charge in [0.25, 0.3) is 0 Å². The molecule has 0 aromatic heterocycles. The quantitative estimate of drug-likeness (QED) is 0.833. The van der Waals surface area contributed by atoms with E-state index < -0.39 is 10.2 Å². The highest BCUT2D eigenvalue weighted by Crippen LogP contribution is 2.24. The zero-order valence-electron chi connectivity index (χ0n) is 11.4. The number of aryl methyl sites for hydroxylation is 1. The summed E-state index contributed by atoms with van der Waals surface area (Å²) >= 11 is 0. The van der Waals surface area contributed by atoms with Gasteiger partial charge in [-0.05, 0) is 43.4 Å². The van der Waals surface area contributed by atoms with Gasteiger partial charge in [-0.25, -0.2) is 0 Å². The first-order chi connectivity index (χ1) is 8.88. The van der Waals surface area contributed by atoms with Gasteiger partial charge in [0.2, 0.25) is 0 Å². The molecule has 19 heavy (non-hydrogen) atoms. The first-order valence-electron chi connectivity index (χ1n) is 6.52.